The molecule has 1 aromatic carbocycles. The van der Waals surface area contributed by atoms with E-state index in [0.29, 0.717) is 6.54 Å². The Morgan fingerprint density at radius 3 is 2.54 bits per heavy atom. The van der Waals surface area contributed by atoms with Crippen LogP contribution in [0.5, 0.6) is 0 Å². The van der Waals surface area contributed by atoms with Gasteiger partial charge < -0.3 is 20.1 Å². The molecule has 0 unspecified atom stereocenters. The van der Waals surface area contributed by atoms with Gasteiger partial charge >= 0.3 is 0 Å². The summed E-state index contributed by atoms with van der Waals surface area (Å²) in [5, 5.41) is 2.87. The lowest BCUT2D eigenvalue weighted by Gasteiger charge is -2.33. The number of piperazine rings is 1. The molecule has 2 aromatic rings. The number of pyridine rings is 1. The van der Waals surface area contributed by atoms with Crippen LogP contribution >= 0.6 is 0 Å². The molecule has 0 spiro atoms. The smallest absolute Gasteiger partial charge is 0.261 e. The Hall–Kier alpha value is -2.44. The van der Waals surface area contributed by atoms with Gasteiger partial charge in [0, 0.05) is 38.4 Å². The minimum atomic E-state index is -0.354. The molecule has 2 heterocycles. The number of hydrogen-bond acceptors (Lipinski definition) is 4. The van der Waals surface area contributed by atoms with Crippen molar-refractivity contribution in [3.63, 3.8) is 0 Å². The zero-order valence-corrected chi connectivity index (χ0v) is 16.8. The van der Waals surface area contributed by atoms with Crippen LogP contribution in [0.25, 0.3) is 11.3 Å². The van der Waals surface area contributed by atoms with Crippen LogP contribution in [0.1, 0.15) is 29.3 Å². The minimum absolute atomic E-state index is 0.160. The first kappa shape index (κ1) is 20.3. The summed E-state index contributed by atoms with van der Waals surface area (Å²) in [7, 11) is 0. The lowest BCUT2D eigenvalue weighted by molar-refractivity contribution is 0.0946. The van der Waals surface area contributed by atoms with Crippen LogP contribution in [0.4, 0.5) is 0 Å². The van der Waals surface area contributed by atoms with Gasteiger partial charge in [-0.3, -0.25) is 9.59 Å². The van der Waals surface area contributed by atoms with E-state index in [4.69, 9.17) is 0 Å². The molecule has 1 amide bonds. The third kappa shape index (κ3) is 5.30. The molecule has 150 valence electrons. The second-order valence-corrected chi connectivity index (χ2v) is 7.37. The quantitative estimate of drug-likeness (QED) is 0.720. The Kier molecular flexibility index (Phi) is 7.01. The van der Waals surface area contributed by atoms with Crippen molar-refractivity contribution >= 4 is 5.91 Å². The van der Waals surface area contributed by atoms with Crippen molar-refractivity contribution in [3.05, 3.63) is 57.9 Å². The van der Waals surface area contributed by atoms with Gasteiger partial charge in [0.1, 0.15) is 5.56 Å². The molecule has 0 saturated carbocycles. The van der Waals surface area contributed by atoms with Gasteiger partial charge in [-0.25, -0.2) is 0 Å². The molecule has 1 aliphatic rings. The third-order valence-electron chi connectivity index (χ3n) is 5.33. The van der Waals surface area contributed by atoms with E-state index in [2.05, 4.69) is 27.0 Å². The van der Waals surface area contributed by atoms with Gasteiger partial charge in [0.2, 0.25) is 0 Å². The number of nitrogens with zero attached hydrogens (tertiary/aromatic N) is 2. The van der Waals surface area contributed by atoms with Crippen LogP contribution in [0.2, 0.25) is 0 Å². The summed E-state index contributed by atoms with van der Waals surface area (Å²) in [6.07, 6.45) is 0.886. The second-order valence-electron chi connectivity index (χ2n) is 7.37. The number of carbonyl (C=O) groups is 1. The highest BCUT2D eigenvalue weighted by atomic mass is 16.2. The monoisotopic (exact) mass is 382 g/mol. The summed E-state index contributed by atoms with van der Waals surface area (Å²) in [5.74, 6) is -0.312. The van der Waals surface area contributed by atoms with Crippen LogP contribution in [0.3, 0.4) is 0 Å². The molecule has 6 nitrogen and oxygen atoms in total. The highest BCUT2D eigenvalue weighted by molar-refractivity contribution is 5.94. The van der Waals surface area contributed by atoms with Crippen LogP contribution < -0.4 is 10.9 Å². The number of aryl methyl sites for hydroxylation is 1. The normalized spacial score (nSPS) is 15.5. The summed E-state index contributed by atoms with van der Waals surface area (Å²) in [6.45, 7) is 11.3. The van der Waals surface area contributed by atoms with Gasteiger partial charge in [0.25, 0.3) is 11.5 Å². The largest absolute Gasteiger partial charge is 0.352 e. The second kappa shape index (κ2) is 9.66. The Labute approximate surface area is 166 Å². The van der Waals surface area contributed by atoms with E-state index in [1.54, 1.807) is 12.1 Å². The number of hydrogen-bond donors (Lipinski definition) is 2. The van der Waals surface area contributed by atoms with Gasteiger partial charge in [0.05, 0.1) is 0 Å². The van der Waals surface area contributed by atoms with Crippen LogP contribution in [-0.2, 0) is 0 Å². The molecular weight excluding hydrogens is 352 g/mol. The average molecular weight is 383 g/mol. The topological polar surface area (TPSA) is 68.4 Å². The van der Waals surface area contributed by atoms with Gasteiger partial charge in [-0.15, -0.1) is 0 Å². The van der Waals surface area contributed by atoms with Gasteiger partial charge in [0.15, 0.2) is 0 Å². The summed E-state index contributed by atoms with van der Waals surface area (Å²) in [6, 6.07) is 11.3. The first-order chi connectivity index (χ1) is 13.6. The van der Waals surface area contributed by atoms with E-state index in [1.165, 1.54) is 0 Å². The van der Waals surface area contributed by atoms with Crippen LogP contribution in [0, 0.1) is 6.92 Å². The highest BCUT2D eigenvalue weighted by Gasteiger charge is 2.15. The zero-order chi connectivity index (χ0) is 19.9. The maximum atomic E-state index is 12.3. The van der Waals surface area contributed by atoms with E-state index >= 15 is 0 Å². The lowest BCUT2D eigenvalue weighted by atomic mass is 10.1. The van der Waals surface area contributed by atoms with E-state index in [-0.39, 0.29) is 17.0 Å². The molecule has 0 aliphatic carbocycles. The first-order valence-electron chi connectivity index (χ1n) is 10.1. The predicted molar refractivity (Wildman–Crippen MR) is 113 cm³/mol. The van der Waals surface area contributed by atoms with Crippen molar-refractivity contribution in [2.45, 2.75) is 20.3 Å². The molecule has 0 bridgehead atoms. The third-order valence-corrected chi connectivity index (χ3v) is 5.33. The molecule has 6 heteroatoms. The van der Waals surface area contributed by atoms with E-state index in [9.17, 15) is 9.59 Å². The Balaban J connectivity index is 1.49. The highest BCUT2D eigenvalue weighted by Crippen LogP contribution is 2.16. The molecule has 3 rings (SSSR count). The van der Waals surface area contributed by atoms with Crippen molar-refractivity contribution in [2.24, 2.45) is 0 Å². The summed E-state index contributed by atoms with van der Waals surface area (Å²) in [5.41, 5.74) is 2.58. The molecule has 0 radical (unpaired) electrons. The average Bonchev–Trinajstić information content (AvgIpc) is 2.71. The summed E-state index contributed by atoms with van der Waals surface area (Å²) in [4.78, 5) is 32.4. The van der Waals surface area contributed by atoms with Crippen molar-refractivity contribution in [1.29, 1.82) is 0 Å². The number of H-pyrrole nitrogens is 1. The Bertz CT molecular complexity index is 854. The van der Waals surface area contributed by atoms with Crippen LogP contribution in [-0.4, -0.2) is 66.5 Å². The SMILES string of the molecule is CCN1CCN(CCCNC(=O)c2ccc(-c3cccc(C)c3)[nH]c2=O)CC1. The first-order valence-corrected chi connectivity index (χ1v) is 10.1. The minimum Gasteiger partial charge on any atom is -0.352 e. The fraction of sp³-hybridized carbons (Fsp3) is 0.455. The zero-order valence-electron chi connectivity index (χ0n) is 16.8. The van der Waals surface area contributed by atoms with Crippen molar-refractivity contribution in [3.8, 4) is 11.3 Å². The molecular formula is C22H30N4O2. The van der Waals surface area contributed by atoms with E-state index in [0.717, 1.165) is 62.5 Å². The van der Waals surface area contributed by atoms with Gasteiger partial charge in [-0.2, -0.15) is 0 Å². The number of likely N-dealkylation sites (N-methyl/N-ethyl adjacent to an activating group) is 1. The molecule has 1 saturated heterocycles. The lowest BCUT2D eigenvalue weighted by Crippen LogP contribution is -2.46. The van der Waals surface area contributed by atoms with E-state index in [1.807, 2.05) is 31.2 Å². The molecule has 1 aliphatic heterocycles. The number of nitrogens with one attached hydrogen (secondary N) is 2. The Morgan fingerprint density at radius 1 is 1.11 bits per heavy atom. The number of carbonyl (C=O) groups excluding carboxylic acids is 1. The molecule has 1 aromatic heterocycles. The van der Waals surface area contributed by atoms with Gasteiger partial charge in [-0.05, 0) is 50.2 Å². The number of amides is 1. The maximum Gasteiger partial charge on any atom is 0.261 e. The predicted octanol–water partition coefficient (Wildman–Crippen LogP) is 2.11. The van der Waals surface area contributed by atoms with E-state index < -0.39 is 0 Å². The van der Waals surface area contributed by atoms with Crippen molar-refractivity contribution < 1.29 is 4.79 Å². The number of benzene rings is 1. The summed E-state index contributed by atoms with van der Waals surface area (Å²) >= 11 is 0. The van der Waals surface area contributed by atoms with Crippen molar-refractivity contribution in [2.75, 3.05) is 45.8 Å². The fourth-order valence-electron chi connectivity index (χ4n) is 3.56. The number of aromatic amines is 1. The fourth-order valence-corrected chi connectivity index (χ4v) is 3.56. The molecule has 0 atom stereocenters. The van der Waals surface area contributed by atoms with Crippen LogP contribution in [0.15, 0.2) is 41.2 Å². The maximum absolute atomic E-state index is 12.3. The molecule has 2 N–H and O–H groups in total. The Morgan fingerprint density at radius 2 is 1.86 bits per heavy atom. The van der Waals surface area contributed by atoms with Crippen molar-refractivity contribution in [1.82, 2.24) is 20.1 Å². The molecule has 28 heavy (non-hydrogen) atoms. The molecule has 1 fully saturated rings. The standard InChI is InChI=1S/C22H30N4O2/c1-3-25-12-14-26(15-13-25)11-5-10-23-21(27)19-8-9-20(24-22(19)28)18-7-4-6-17(2)16-18/h4,6-9,16H,3,5,10-15H2,1-2H3,(H,23,27)(H,24,28). The summed E-state index contributed by atoms with van der Waals surface area (Å²) < 4.78 is 0. The number of aromatic nitrogens is 1. The number of rotatable bonds is 7. The van der Waals surface area contributed by atoms with Gasteiger partial charge in [-0.1, -0.05) is 30.7 Å².